The predicted octanol–water partition coefficient (Wildman–Crippen LogP) is -2.74. The first-order valence-corrected chi connectivity index (χ1v) is 12.4. The van der Waals surface area contributed by atoms with Gasteiger partial charge in [0.2, 0.25) is 0 Å². The summed E-state index contributed by atoms with van der Waals surface area (Å²) in [4.78, 5) is 23.2. The van der Waals surface area contributed by atoms with E-state index in [-0.39, 0.29) is 84.3 Å². The topological polar surface area (TPSA) is 176 Å². The minimum atomic E-state index is -4.59. The van der Waals surface area contributed by atoms with E-state index in [0.717, 1.165) is 24.2 Å². The molecule has 4 rings (SSSR count). The van der Waals surface area contributed by atoms with Crippen molar-refractivity contribution in [3.63, 3.8) is 0 Å². The van der Waals surface area contributed by atoms with Crippen molar-refractivity contribution in [1.29, 1.82) is 0 Å². The van der Waals surface area contributed by atoms with Crippen LogP contribution in [0.1, 0.15) is 12.8 Å². The van der Waals surface area contributed by atoms with Crippen molar-refractivity contribution >= 4 is 56.2 Å². The second-order valence-electron chi connectivity index (χ2n) is 7.49. The molecule has 1 saturated heterocycles. The Labute approximate surface area is 265 Å². The van der Waals surface area contributed by atoms with Gasteiger partial charge in [-0.15, -0.1) is 5.11 Å². The normalized spacial score (nSPS) is 15.3. The summed E-state index contributed by atoms with van der Waals surface area (Å²) < 4.78 is 48.1. The molecule has 0 aliphatic carbocycles. The first kappa shape index (κ1) is 32.8. The maximum atomic E-state index is 11.7. The van der Waals surface area contributed by atoms with Gasteiger partial charge in [0.1, 0.15) is 21.6 Å². The van der Waals surface area contributed by atoms with Crippen molar-refractivity contribution < 1.29 is 106 Å². The van der Waals surface area contributed by atoms with Gasteiger partial charge >= 0.3 is 71.1 Å². The van der Waals surface area contributed by atoms with Crippen LogP contribution in [0.2, 0.25) is 0 Å². The molecule has 1 fully saturated rings. The van der Waals surface area contributed by atoms with E-state index in [2.05, 4.69) is 24.3 Å². The largest absolute Gasteiger partial charge is 1.00 e. The smallest absolute Gasteiger partial charge is 0.744 e. The Hall–Kier alpha value is -1.40. The molecule has 188 valence electrons. The Morgan fingerprint density at radius 2 is 1.76 bits per heavy atom. The molecule has 12 nitrogen and oxygen atoms in total. The monoisotopic (exact) mass is 578 g/mol. The Morgan fingerprint density at radius 1 is 1.03 bits per heavy atom. The fourth-order valence-electron chi connectivity index (χ4n) is 3.44. The van der Waals surface area contributed by atoms with Gasteiger partial charge in [-0.2, -0.15) is 9.45 Å². The fraction of sp³-hybridized carbons (Fsp3) is 0.182. The number of fused-ring (bicyclic) bond motifs is 1. The van der Waals surface area contributed by atoms with Crippen LogP contribution in [0.25, 0.3) is 10.8 Å². The maximum absolute atomic E-state index is 11.7. The van der Waals surface area contributed by atoms with Crippen molar-refractivity contribution in [2.45, 2.75) is 22.6 Å². The molecule has 1 heterocycles. The van der Waals surface area contributed by atoms with E-state index in [9.17, 15) is 27.8 Å². The molecule has 0 radical (unpaired) electrons. The summed E-state index contributed by atoms with van der Waals surface area (Å²) in [5.41, 5.74) is 0.612. The average Bonchev–Trinajstić information content (AvgIpc) is 3.17. The average molecular weight is 578 g/mol. The molecule has 0 bridgehead atoms. The molecule has 1 unspecified atom stereocenters. The van der Waals surface area contributed by atoms with E-state index >= 15 is 0 Å². The SMILES string of the molecule is O=C1CC(CCOc2ccc3cc(SOO[O-])ccc3c2N=Nc2ccc(S(=O)(=O)[O-])cc2)C(=O)O1.[Na+].[Na+]. The third kappa shape index (κ3) is 8.55. The first-order chi connectivity index (χ1) is 17.2. The maximum Gasteiger partial charge on any atom is 1.00 e. The Balaban J connectivity index is 0.00000253. The number of benzene rings is 3. The summed E-state index contributed by atoms with van der Waals surface area (Å²) in [6, 6.07) is 13.4. The summed E-state index contributed by atoms with van der Waals surface area (Å²) in [7, 11) is -4.59. The molecular formula is C22H16N2Na2O10S2. The first-order valence-electron chi connectivity index (χ1n) is 10.3. The summed E-state index contributed by atoms with van der Waals surface area (Å²) >= 11 is 0.721. The zero-order valence-corrected chi connectivity index (χ0v) is 25.8. The van der Waals surface area contributed by atoms with Gasteiger partial charge in [-0.05, 0) is 54.3 Å². The predicted molar refractivity (Wildman–Crippen MR) is 120 cm³/mol. The van der Waals surface area contributed by atoms with Crippen molar-refractivity contribution in [1.82, 2.24) is 0 Å². The quantitative estimate of drug-likeness (QED) is 0.0356. The molecule has 0 saturated carbocycles. The number of nitrogens with zero attached hydrogens (tertiary/aromatic N) is 2. The van der Waals surface area contributed by atoms with Crippen molar-refractivity contribution in [3.8, 4) is 5.75 Å². The second-order valence-corrected chi connectivity index (χ2v) is 9.65. The van der Waals surface area contributed by atoms with Crippen LogP contribution in [0.3, 0.4) is 0 Å². The number of esters is 2. The molecule has 0 aromatic heterocycles. The van der Waals surface area contributed by atoms with Crippen LogP contribution in [-0.4, -0.2) is 31.5 Å². The Bertz CT molecular complexity index is 1440. The van der Waals surface area contributed by atoms with Crippen LogP contribution in [0, 0.1) is 5.92 Å². The number of carbonyl (C=O) groups excluding carboxylic acids is 2. The zero-order valence-electron chi connectivity index (χ0n) is 20.2. The van der Waals surface area contributed by atoms with E-state index in [4.69, 9.17) is 4.74 Å². The van der Waals surface area contributed by atoms with Gasteiger partial charge in [-0.3, -0.25) is 14.6 Å². The minimum Gasteiger partial charge on any atom is -0.744 e. The van der Waals surface area contributed by atoms with Crippen LogP contribution in [0.5, 0.6) is 5.75 Å². The van der Waals surface area contributed by atoms with Gasteiger partial charge in [0.15, 0.2) is 0 Å². The molecule has 1 atom stereocenters. The van der Waals surface area contributed by atoms with Gasteiger partial charge in [-0.25, -0.2) is 8.42 Å². The molecule has 3 aromatic rings. The van der Waals surface area contributed by atoms with E-state index in [1.807, 2.05) is 0 Å². The van der Waals surface area contributed by atoms with E-state index < -0.39 is 32.9 Å². The number of rotatable bonds is 10. The molecule has 0 spiro atoms. The van der Waals surface area contributed by atoms with E-state index in [1.165, 1.54) is 12.1 Å². The van der Waals surface area contributed by atoms with Crippen molar-refractivity contribution in [2.24, 2.45) is 16.1 Å². The molecule has 0 N–H and O–H groups in total. The van der Waals surface area contributed by atoms with Crippen LogP contribution < -0.4 is 69.1 Å². The van der Waals surface area contributed by atoms with Crippen LogP contribution in [0.4, 0.5) is 11.4 Å². The minimum absolute atomic E-state index is 0. The number of hydrogen-bond acceptors (Lipinski definition) is 13. The fourth-order valence-corrected chi connectivity index (χ4v) is 4.31. The van der Waals surface area contributed by atoms with Crippen LogP contribution >= 0.6 is 12.0 Å². The summed E-state index contributed by atoms with van der Waals surface area (Å²) in [5, 5.41) is 23.2. The van der Waals surface area contributed by atoms with E-state index in [1.54, 1.807) is 30.3 Å². The summed E-state index contributed by atoms with van der Waals surface area (Å²) in [6.45, 7) is 0.0970. The Morgan fingerprint density at radius 3 is 2.39 bits per heavy atom. The molecule has 38 heavy (non-hydrogen) atoms. The van der Waals surface area contributed by atoms with Gasteiger partial charge in [0, 0.05) is 10.3 Å². The number of ether oxygens (including phenoxy) is 2. The number of carbonyl (C=O) groups is 2. The van der Waals surface area contributed by atoms with Crippen molar-refractivity contribution in [2.75, 3.05) is 6.61 Å². The van der Waals surface area contributed by atoms with Crippen molar-refractivity contribution in [3.05, 3.63) is 54.6 Å². The standard InChI is InChI=1S/C22H18N2O10S2.2Na/c25-20-12-14(22(26)32-20)9-10-31-19-8-1-13-11-16(35-34-33-27)4-7-18(13)21(19)24-23-15-2-5-17(6-3-15)36(28,29)30;;/h1-8,11,14,27H,9-10,12H2,(H,28,29,30);;/q;2*+1/p-2. The summed E-state index contributed by atoms with van der Waals surface area (Å²) in [5.74, 6) is -1.40. The van der Waals surface area contributed by atoms with Gasteiger partial charge in [0.25, 0.3) is 0 Å². The third-order valence-electron chi connectivity index (χ3n) is 5.16. The van der Waals surface area contributed by atoms with E-state index in [0.29, 0.717) is 27.1 Å². The third-order valence-corrected chi connectivity index (χ3v) is 6.58. The summed E-state index contributed by atoms with van der Waals surface area (Å²) in [6.07, 6.45) is 0.254. The Kier molecular flexibility index (Phi) is 12.8. The molecule has 3 aromatic carbocycles. The molecular weight excluding hydrogens is 562 g/mol. The van der Waals surface area contributed by atoms with Gasteiger partial charge in [0.05, 0.1) is 41.6 Å². The number of cyclic esters (lactones) is 2. The second kappa shape index (κ2) is 14.8. The van der Waals surface area contributed by atoms with Gasteiger partial charge in [-0.1, -0.05) is 12.1 Å². The number of hydrogen-bond donors (Lipinski definition) is 0. The van der Waals surface area contributed by atoms with Gasteiger partial charge < -0.3 is 19.3 Å². The molecule has 1 aliphatic rings. The number of azo groups is 1. The molecule has 1 aliphatic heterocycles. The van der Waals surface area contributed by atoms with Crippen LogP contribution in [0.15, 0.2) is 74.6 Å². The van der Waals surface area contributed by atoms with Crippen LogP contribution in [-0.2, 0) is 33.8 Å². The zero-order chi connectivity index (χ0) is 25.7. The molecule has 16 heteroatoms. The molecule has 0 amide bonds.